The Morgan fingerprint density at radius 1 is 1.35 bits per heavy atom. The van der Waals surface area contributed by atoms with Crippen LogP contribution in [-0.2, 0) is 9.59 Å². The van der Waals surface area contributed by atoms with E-state index in [-0.39, 0.29) is 35.0 Å². The highest BCUT2D eigenvalue weighted by Gasteiger charge is 2.46. The zero-order valence-corrected chi connectivity index (χ0v) is 24.0. The van der Waals surface area contributed by atoms with Gasteiger partial charge >= 0.3 is 0 Å². The second-order valence-electron chi connectivity index (χ2n) is 11.4. The Morgan fingerprint density at radius 2 is 2.06 bits per heavy atom. The molecule has 1 fully saturated rings. The normalized spacial score (nSPS) is 29.3. The van der Waals surface area contributed by atoms with Crippen LogP contribution >= 0.6 is 34.2 Å². The van der Waals surface area contributed by atoms with Crippen molar-refractivity contribution in [2.45, 2.75) is 76.4 Å². The number of amides is 2. The van der Waals surface area contributed by atoms with E-state index in [1.54, 1.807) is 0 Å². The summed E-state index contributed by atoms with van der Waals surface area (Å²) in [7, 11) is 0. The summed E-state index contributed by atoms with van der Waals surface area (Å²) in [6.45, 7) is 11.5. The zero-order valence-electron chi connectivity index (χ0n) is 21.1. The molecule has 2 aliphatic carbocycles. The molecule has 0 aromatic rings. The topological polar surface area (TPSA) is 69.6 Å². The van der Waals surface area contributed by atoms with Crippen LogP contribution in [0.15, 0.2) is 34.9 Å². The predicted octanol–water partition coefficient (Wildman–Crippen LogP) is 5.57. The summed E-state index contributed by atoms with van der Waals surface area (Å²) in [4.78, 5) is 28.2. The third kappa shape index (κ3) is 6.67. The van der Waals surface area contributed by atoms with Crippen LogP contribution in [0, 0.1) is 29.1 Å². The van der Waals surface area contributed by atoms with Crippen LogP contribution in [-0.4, -0.2) is 44.6 Å². The quantitative estimate of drug-likeness (QED) is 0.227. The smallest absolute Gasteiger partial charge is 0.245 e. The van der Waals surface area contributed by atoms with Crippen LogP contribution in [0.5, 0.6) is 0 Å². The number of alkyl halides is 1. The van der Waals surface area contributed by atoms with Crippen molar-refractivity contribution in [1.82, 2.24) is 10.2 Å². The van der Waals surface area contributed by atoms with Crippen LogP contribution < -0.4 is 5.32 Å². The lowest BCUT2D eigenvalue weighted by Gasteiger charge is -2.50. The molecular formula is C27H40ClIN2O3. The molecule has 190 valence electrons. The molecule has 0 spiro atoms. The molecule has 3 aliphatic rings. The van der Waals surface area contributed by atoms with Gasteiger partial charge in [-0.15, -0.1) is 0 Å². The molecule has 34 heavy (non-hydrogen) atoms. The van der Waals surface area contributed by atoms with E-state index in [2.05, 4.69) is 53.9 Å². The fourth-order valence-corrected chi connectivity index (χ4v) is 6.65. The van der Waals surface area contributed by atoms with Crippen molar-refractivity contribution in [3.8, 4) is 0 Å². The van der Waals surface area contributed by atoms with Crippen LogP contribution in [0.1, 0.15) is 66.7 Å². The van der Waals surface area contributed by atoms with Crippen molar-refractivity contribution >= 4 is 46.0 Å². The molecule has 1 saturated heterocycles. The van der Waals surface area contributed by atoms with Gasteiger partial charge in [0.2, 0.25) is 11.8 Å². The van der Waals surface area contributed by atoms with E-state index in [1.807, 2.05) is 37.8 Å². The van der Waals surface area contributed by atoms with Crippen molar-refractivity contribution in [3.05, 3.63) is 34.9 Å². The molecule has 0 radical (unpaired) electrons. The number of hydrogen-bond donors (Lipinski definition) is 2. The van der Waals surface area contributed by atoms with Gasteiger partial charge in [0.25, 0.3) is 0 Å². The number of aliphatic hydroxyl groups is 1. The number of carbonyl (C=O) groups is 2. The standard InChI is InChI=1S/C27H40ClIN2O3/c1-17(2)24(30-23(32)14-18-8-6-7-9-18)25(33)31-13-12-21(26(3,4)16-31)20-11-10-19(28)15-22(20)27(5,29)34/h6,8,10,15,17-18,20-21,24,34H,7,9,11-14,16H2,1-5H3,(H,30,32)/t18?,20?,21-,24-,27?/m1/s1. The number of likely N-dealkylation sites (tertiary alicyclic amines) is 1. The molecular weight excluding hydrogens is 563 g/mol. The Balaban J connectivity index is 1.69. The Hall–Kier alpha value is -0.860. The summed E-state index contributed by atoms with van der Waals surface area (Å²) in [5.74, 6) is 0.773. The lowest BCUT2D eigenvalue weighted by molar-refractivity contribution is -0.142. The maximum absolute atomic E-state index is 13.6. The van der Waals surface area contributed by atoms with Gasteiger partial charge in [-0.05, 0) is 95.9 Å². The monoisotopic (exact) mass is 602 g/mol. The maximum atomic E-state index is 13.6. The summed E-state index contributed by atoms with van der Waals surface area (Å²) >= 11 is 8.38. The Morgan fingerprint density at radius 3 is 2.62 bits per heavy atom. The van der Waals surface area contributed by atoms with Crippen LogP contribution in [0.2, 0.25) is 0 Å². The number of carbonyl (C=O) groups excluding carboxylic acids is 2. The van der Waals surface area contributed by atoms with Crippen LogP contribution in [0.4, 0.5) is 0 Å². The minimum atomic E-state index is -0.971. The zero-order chi connectivity index (χ0) is 25.3. The van der Waals surface area contributed by atoms with Crippen LogP contribution in [0.25, 0.3) is 0 Å². The maximum Gasteiger partial charge on any atom is 0.245 e. The first-order chi connectivity index (χ1) is 15.8. The van der Waals surface area contributed by atoms with Gasteiger partial charge in [-0.3, -0.25) is 9.59 Å². The largest absolute Gasteiger partial charge is 0.376 e. The number of halogens is 2. The van der Waals surface area contributed by atoms with Crippen LogP contribution in [0.3, 0.4) is 0 Å². The molecule has 0 aromatic carbocycles. The third-order valence-electron chi connectivity index (χ3n) is 7.71. The molecule has 5 atom stereocenters. The first-order valence-corrected chi connectivity index (χ1v) is 14.0. The van der Waals surface area contributed by atoms with Crippen molar-refractivity contribution < 1.29 is 14.7 Å². The number of nitrogens with zero attached hydrogens (tertiary/aromatic N) is 1. The molecule has 2 N–H and O–H groups in total. The average Bonchev–Trinajstić information content (AvgIpc) is 3.23. The number of nitrogens with one attached hydrogen (secondary N) is 1. The summed E-state index contributed by atoms with van der Waals surface area (Å²) in [5, 5.41) is 14.5. The molecule has 2 amide bonds. The van der Waals surface area contributed by atoms with Gasteiger partial charge < -0.3 is 15.3 Å². The number of rotatable bonds is 7. The van der Waals surface area contributed by atoms with E-state index in [1.165, 1.54) is 0 Å². The van der Waals surface area contributed by atoms with E-state index in [0.29, 0.717) is 30.5 Å². The van der Waals surface area contributed by atoms with Crippen molar-refractivity contribution in [2.75, 3.05) is 13.1 Å². The van der Waals surface area contributed by atoms with Crippen molar-refractivity contribution in [1.29, 1.82) is 0 Å². The highest BCUT2D eigenvalue weighted by molar-refractivity contribution is 14.1. The molecule has 0 saturated carbocycles. The molecule has 1 heterocycles. The SMILES string of the molecule is CC(C)[C@@H](NC(=O)CC1C=CCC1)C(=O)N1CC[C@H](C2CC=C(Cl)C=C2C(C)(O)I)C(C)(C)C1. The highest BCUT2D eigenvalue weighted by Crippen LogP contribution is 2.49. The number of piperidine rings is 1. The number of allylic oxidation sites excluding steroid dienone is 5. The molecule has 3 rings (SSSR count). The third-order valence-corrected chi connectivity index (χ3v) is 8.59. The lowest BCUT2D eigenvalue weighted by atomic mass is 9.63. The molecule has 3 unspecified atom stereocenters. The second-order valence-corrected chi connectivity index (χ2v) is 13.9. The van der Waals surface area contributed by atoms with E-state index >= 15 is 0 Å². The predicted molar refractivity (Wildman–Crippen MR) is 146 cm³/mol. The molecule has 1 aliphatic heterocycles. The van der Waals surface area contributed by atoms with Gasteiger partial charge in [-0.25, -0.2) is 0 Å². The summed E-state index contributed by atoms with van der Waals surface area (Å²) < 4.78 is -0.971. The van der Waals surface area contributed by atoms with Gasteiger partial charge in [0.1, 0.15) is 9.65 Å². The second kappa shape index (κ2) is 11.0. The minimum absolute atomic E-state index is 0.0140. The first kappa shape index (κ1) is 27.7. The molecule has 0 bridgehead atoms. The highest BCUT2D eigenvalue weighted by atomic mass is 127. The van der Waals surface area contributed by atoms with Gasteiger partial charge in [0, 0.05) is 24.5 Å². The van der Waals surface area contributed by atoms with Gasteiger partial charge in [-0.1, -0.05) is 57.5 Å². The summed E-state index contributed by atoms with van der Waals surface area (Å²) in [5.41, 5.74) is 0.823. The van der Waals surface area contributed by atoms with E-state index in [0.717, 1.165) is 31.3 Å². The number of hydrogen-bond acceptors (Lipinski definition) is 3. The Labute approximate surface area is 223 Å². The van der Waals surface area contributed by atoms with Gasteiger partial charge in [0.15, 0.2) is 0 Å². The van der Waals surface area contributed by atoms with Gasteiger partial charge in [-0.2, -0.15) is 0 Å². The molecule has 5 nitrogen and oxygen atoms in total. The fraction of sp³-hybridized carbons (Fsp3) is 0.704. The Bertz CT molecular complexity index is 872. The molecule has 0 aromatic heterocycles. The van der Waals surface area contributed by atoms with Gasteiger partial charge in [0.05, 0.1) is 0 Å². The van der Waals surface area contributed by atoms with Crippen molar-refractivity contribution in [2.24, 2.45) is 29.1 Å². The minimum Gasteiger partial charge on any atom is -0.376 e. The molecule has 7 heteroatoms. The average molecular weight is 603 g/mol. The van der Waals surface area contributed by atoms with E-state index < -0.39 is 9.65 Å². The summed E-state index contributed by atoms with van der Waals surface area (Å²) in [6.07, 6.45) is 12.3. The first-order valence-electron chi connectivity index (χ1n) is 12.5. The summed E-state index contributed by atoms with van der Waals surface area (Å²) in [6, 6.07) is -0.507. The van der Waals surface area contributed by atoms with E-state index in [9.17, 15) is 14.7 Å². The Kier molecular flexibility index (Phi) is 9.00. The fourth-order valence-electron chi connectivity index (χ4n) is 5.89. The van der Waals surface area contributed by atoms with E-state index in [4.69, 9.17) is 11.6 Å². The lowest BCUT2D eigenvalue weighted by Crippen LogP contribution is -2.57. The van der Waals surface area contributed by atoms with Crippen molar-refractivity contribution in [3.63, 3.8) is 0 Å².